The van der Waals surface area contributed by atoms with Crippen LogP contribution in [-0.4, -0.2) is 39.2 Å². The molecule has 3 heterocycles. The summed E-state index contributed by atoms with van der Waals surface area (Å²) in [6.07, 6.45) is 10.1. The number of carbonyl (C=O) groups excluding carboxylic acids is 1. The Kier molecular flexibility index (Phi) is 5.68. The number of carbonyl (C=O) groups is 1. The SMILES string of the molecule is CCCCc1nnc(NC(=O)C2CCCN(c3cnccn3)C2)s1. The molecule has 0 radical (unpaired) electrons. The summed E-state index contributed by atoms with van der Waals surface area (Å²) >= 11 is 1.47. The molecule has 0 spiro atoms. The first-order valence-corrected chi connectivity index (χ1v) is 9.22. The molecule has 0 aromatic carbocycles. The van der Waals surface area contributed by atoms with Crippen LogP contribution < -0.4 is 10.2 Å². The Balaban J connectivity index is 1.57. The van der Waals surface area contributed by atoms with Gasteiger partial charge in [-0.15, -0.1) is 10.2 Å². The maximum atomic E-state index is 12.5. The number of piperidine rings is 1. The van der Waals surface area contributed by atoms with Crippen LogP contribution in [0.25, 0.3) is 0 Å². The minimum absolute atomic E-state index is 0.0155. The second kappa shape index (κ2) is 8.14. The lowest BCUT2D eigenvalue weighted by Gasteiger charge is -2.32. The van der Waals surface area contributed by atoms with Gasteiger partial charge in [-0.05, 0) is 19.3 Å². The van der Waals surface area contributed by atoms with Crippen LogP contribution in [0, 0.1) is 5.92 Å². The van der Waals surface area contributed by atoms with Crippen molar-refractivity contribution in [3.63, 3.8) is 0 Å². The summed E-state index contributed by atoms with van der Waals surface area (Å²) in [5.41, 5.74) is 0. The molecule has 1 N–H and O–H groups in total. The van der Waals surface area contributed by atoms with Gasteiger partial charge in [-0.3, -0.25) is 9.78 Å². The Labute approximate surface area is 145 Å². The van der Waals surface area contributed by atoms with Gasteiger partial charge in [-0.25, -0.2) is 4.98 Å². The van der Waals surface area contributed by atoms with Gasteiger partial charge < -0.3 is 10.2 Å². The van der Waals surface area contributed by atoms with E-state index < -0.39 is 0 Å². The molecule has 2 aromatic rings. The third-order valence-electron chi connectivity index (χ3n) is 4.11. The highest BCUT2D eigenvalue weighted by atomic mass is 32.1. The lowest BCUT2D eigenvalue weighted by atomic mass is 9.97. The molecule has 2 aromatic heterocycles. The first-order valence-electron chi connectivity index (χ1n) is 8.40. The maximum Gasteiger partial charge on any atom is 0.231 e. The van der Waals surface area contributed by atoms with Crippen molar-refractivity contribution in [1.29, 1.82) is 0 Å². The van der Waals surface area contributed by atoms with Crippen molar-refractivity contribution >= 4 is 28.2 Å². The average molecular weight is 346 g/mol. The molecule has 1 atom stereocenters. The van der Waals surface area contributed by atoms with Gasteiger partial charge in [0.1, 0.15) is 10.8 Å². The van der Waals surface area contributed by atoms with Crippen LogP contribution in [0.4, 0.5) is 10.9 Å². The van der Waals surface area contributed by atoms with Crippen molar-refractivity contribution in [3.05, 3.63) is 23.6 Å². The number of aryl methyl sites for hydroxylation is 1. The van der Waals surface area contributed by atoms with Gasteiger partial charge in [0.15, 0.2) is 0 Å². The molecule has 1 amide bonds. The van der Waals surface area contributed by atoms with Crippen LogP contribution in [-0.2, 0) is 11.2 Å². The van der Waals surface area contributed by atoms with Crippen LogP contribution in [0.5, 0.6) is 0 Å². The molecule has 24 heavy (non-hydrogen) atoms. The van der Waals surface area contributed by atoms with Gasteiger partial charge in [0, 0.05) is 31.9 Å². The van der Waals surface area contributed by atoms with E-state index in [0.29, 0.717) is 11.7 Å². The fraction of sp³-hybridized carbons (Fsp3) is 0.562. The van der Waals surface area contributed by atoms with E-state index in [1.807, 2.05) is 0 Å². The smallest absolute Gasteiger partial charge is 0.231 e. The summed E-state index contributed by atoms with van der Waals surface area (Å²) in [4.78, 5) is 23.1. The second-order valence-electron chi connectivity index (χ2n) is 5.94. The Morgan fingerprint density at radius 1 is 1.42 bits per heavy atom. The number of hydrogen-bond donors (Lipinski definition) is 1. The number of rotatable bonds is 6. The molecule has 8 heteroatoms. The monoisotopic (exact) mass is 346 g/mol. The normalized spacial score (nSPS) is 17.7. The number of aromatic nitrogens is 4. The van der Waals surface area contributed by atoms with Crippen molar-refractivity contribution < 1.29 is 4.79 Å². The van der Waals surface area contributed by atoms with E-state index in [9.17, 15) is 4.79 Å². The fourth-order valence-electron chi connectivity index (χ4n) is 2.79. The summed E-state index contributed by atoms with van der Waals surface area (Å²) in [5, 5.41) is 12.7. The predicted molar refractivity (Wildman–Crippen MR) is 94.1 cm³/mol. The molecular formula is C16H22N6OS. The minimum Gasteiger partial charge on any atom is -0.355 e. The minimum atomic E-state index is -0.0660. The van der Waals surface area contributed by atoms with E-state index >= 15 is 0 Å². The number of hydrogen-bond acceptors (Lipinski definition) is 7. The third-order valence-corrected chi connectivity index (χ3v) is 5.01. The van der Waals surface area contributed by atoms with Crippen molar-refractivity contribution in [1.82, 2.24) is 20.2 Å². The number of nitrogens with zero attached hydrogens (tertiary/aromatic N) is 5. The standard InChI is InChI=1S/C16H22N6OS/c1-2-3-6-14-20-21-16(24-14)19-15(23)12-5-4-9-22(11-12)13-10-17-7-8-18-13/h7-8,10,12H,2-6,9,11H2,1H3,(H,19,21,23). The summed E-state index contributed by atoms with van der Waals surface area (Å²) in [5.74, 6) is 0.776. The highest BCUT2D eigenvalue weighted by Gasteiger charge is 2.27. The van der Waals surface area contributed by atoms with Crippen LogP contribution in [0.3, 0.4) is 0 Å². The topological polar surface area (TPSA) is 83.9 Å². The lowest BCUT2D eigenvalue weighted by molar-refractivity contribution is -0.120. The van der Waals surface area contributed by atoms with Gasteiger partial charge in [0.25, 0.3) is 0 Å². The molecule has 1 aliphatic heterocycles. The number of anilines is 2. The molecule has 3 rings (SSSR count). The van der Waals surface area contributed by atoms with Crippen LogP contribution in [0.2, 0.25) is 0 Å². The summed E-state index contributed by atoms with van der Waals surface area (Å²) < 4.78 is 0. The maximum absolute atomic E-state index is 12.5. The Morgan fingerprint density at radius 2 is 2.33 bits per heavy atom. The summed E-state index contributed by atoms with van der Waals surface area (Å²) in [6.45, 7) is 3.71. The van der Waals surface area contributed by atoms with E-state index in [0.717, 1.165) is 49.5 Å². The van der Waals surface area contributed by atoms with Gasteiger partial charge in [-0.2, -0.15) is 0 Å². The van der Waals surface area contributed by atoms with Crippen LogP contribution >= 0.6 is 11.3 Å². The molecule has 7 nitrogen and oxygen atoms in total. The largest absolute Gasteiger partial charge is 0.355 e. The number of unbranched alkanes of at least 4 members (excludes halogenated alkanes) is 1. The van der Waals surface area contributed by atoms with Crippen molar-refractivity contribution in [2.75, 3.05) is 23.3 Å². The average Bonchev–Trinajstić information content (AvgIpc) is 3.08. The predicted octanol–water partition coefficient (Wildman–Crippen LogP) is 2.53. The first-order chi connectivity index (χ1) is 11.8. The Morgan fingerprint density at radius 3 is 3.12 bits per heavy atom. The van der Waals surface area contributed by atoms with Crippen LogP contribution in [0.1, 0.15) is 37.6 Å². The second-order valence-corrected chi connectivity index (χ2v) is 7.00. The highest BCUT2D eigenvalue weighted by Crippen LogP contribution is 2.23. The lowest BCUT2D eigenvalue weighted by Crippen LogP contribution is -2.41. The van der Waals surface area contributed by atoms with E-state index in [1.54, 1.807) is 18.6 Å². The number of amides is 1. The molecule has 1 saturated heterocycles. The van der Waals surface area contributed by atoms with E-state index in [1.165, 1.54) is 11.3 Å². The molecule has 1 fully saturated rings. The Hall–Kier alpha value is -2.09. The van der Waals surface area contributed by atoms with E-state index in [2.05, 4.69) is 37.3 Å². The zero-order valence-corrected chi connectivity index (χ0v) is 14.6. The van der Waals surface area contributed by atoms with E-state index in [-0.39, 0.29) is 11.8 Å². The van der Waals surface area contributed by atoms with Crippen LogP contribution in [0.15, 0.2) is 18.6 Å². The van der Waals surface area contributed by atoms with Crippen molar-refractivity contribution in [3.8, 4) is 0 Å². The van der Waals surface area contributed by atoms with Gasteiger partial charge >= 0.3 is 0 Å². The van der Waals surface area contributed by atoms with Crippen molar-refractivity contribution in [2.24, 2.45) is 5.92 Å². The third kappa shape index (κ3) is 4.25. The Bertz CT molecular complexity index is 662. The number of nitrogens with one attached hydrogen (secondary N) is 1. The van der Waals surface area contributed by atoms with Gasteiger partial charge in [0.05, 0.1) is 12.1 Å². The quantitative estimate of drug-likeness (QED) is 0.865. The molecular weight excluding hydrogens is 324 g/mol. The van der Waals surface area contributed by atoms with E-state index in [4.69, 9.17) is 0 Å². The zero-order chi connectivity index (χ0) is 16.8. The fourth-order valence-corrected chi connectivity index (χ4v) is 3.58. The first kappa shape index (κ1) is 16.8. The van der Waals surface area contributed by atoms with Gasteiger partial charge in [0.2, 0.25) is 11.0 Å². The molecule has 0 bridgehead atoms. The molecule has 128 valence electrons. The van der Waals surface area contributed by atoms with Gasteiger partial charge in [-0.1, -0.05) is 24.7 Å². The summed E-state index contributed by atoms with van der Waals surface area (Å²) in [7, 11) is 0. The zero-order valence-electron chi connectivity index (χ0n) is 13.8. The molecule has 1 unspecified atom stereocenters. The molecule has 1 aliphatic rings. The molecule has 0 aliphatic carbocycles. The summed E-state index contributed by atoms with van der Waals surface area (Å²) in [6, 6.07) is 0. The highest BCUT2D eigenvalue weighted by molar-refractivity contribution is 7.15. The van der Waals surface area contributed by atoms with Crippen molar-refractivity contribution in [2.45, 2.75) is 39.0 Å². The molecule has 0 saturated carbocycles.